The van der Waals surface area contributed by atoms with Crippen LogP contribution in [-0.2, 0) is 13.7 Å². The number of hydrogen-bond acceptors (Lipinski definition) is 2. The normalized spacial score (nSPS) is 9.90. The van der Waals surface area contributed by atoms with Gasteiger partial charge in [-0.05, 0) is 42.2 Å². The number of nitrogens with zero attached hydrogens (tertiary/aromatic N) is 1. The zero-order valence-corrected chi connectivity index (χ0v) is 12.9. The summed E-state index contributed by atoms with van der Waals surface area (Å²) < 4.78 is 1.60. The molecule has 1 aromatic heterocycles. The summed E-state index contributed by atoms with van der Waals surface area (Å²) in [5.41, 5.74) is 4.83. The van der Waals surface area contributed by atoms with Gasteiger partial charge in [0, 0.05) is 18.8 Å². The average molecular weight is 273 g/mol. The third-order valence-electron chi connectivity index (χ3n) is 3.21. The fraction of sp³-hybridized carbons (Fsp3) is 0.353. The van der Waals surface area contributed by atoms with Crippen molar-refractivity contribution in [2.45, 2.75) is 34.3 Å². The minimum Gasteiger partial charge on any atom is -0.392 e. The summed E-state index contributed by atoms with van der Waals surface area (Å²) in [6.45, 7) is 7.85. The van der Waals surface area contributed by atoms with Crippen LogP contribution in [0.3, 0.4) is 0 Å². The highest BCUT2D eigenvalue weighted by Gasteiger charge is 2.05. The Bertz CT molecular complexity index is 616. The van der Waals surface area contributed by atoms with Gasteiger partial charge in [-0.2, -0.15) is 0 Å². The highest BCUT2D eigenvalue weighted by molar-refractivity contribution is 5.64. The molecule has 0 saturated carbocycles. The molecule has 108 valence electrons. The topological polar surface area (TPSA) is 42.2 Å². The van der Waals surface area contributed by atoms with E-state index in [9.17, 15) is 4.79 Å². The van der Waals surface area contributed by atoms with E-state index >= 15 is 0 Å². The van der Waals surface area contributed by atoms with E-state index < -0.39 is 0 Å². The van der Waals surface area contributed by atoms with Gasteiger partial charge in [-0.25, -0.2) is 0 Å². The summed E-state index contributed by atoms with van der Waals surface area (Å²) in [6.07, 6.45) is 1.84. The Morgan fingerprint density at radius 1 is 1.05 bits per heavy atom. The van der Waals surface area contributed by atoms with Crippen LogP contribution >= 0.6 is 0 Å². The van der Waals surface area contributed by atoms with Gasteiger partial charge in [-0.3, -0.25) is 4.79 Å². The smallest absolute Gasteiger partial charge is 0.253 e. The maximum Gasteiger partial charge on any atom is 0.253 e. The zero-order valence-electron chi connectivity index (χ0n) is 12.9. The summed E-state index contributed by atoms with van der Waals surface area (Å²) in [7, 11) is 1.76. The van der Waals surface area contributed by atoms with Crippen LogP contribution in [-0.4, -0.2) is 9.67 Å². The van der Waals surface area contributed by atoms with Crippen LogP contribution in [0.1, 0.15) is 30.5 Å². The Morgan fingerprint density at radius 2 is 1.65 bits per heavy atom. The summed E-state index contributed by atoms with van der Waals surface area (Å²) in [4.78, 5) is 11.6. The van der Waals surface area contributed by atoms with Crippen molar-refractivity contribution in [3.05, 3.63) is 57.5 Å². The van der Waals surface area contributed by atoms with E-state index in [1.807, 2.05) is 58.2 Å². The third kappa shape index (κ3) is 3.36. The average Bonchev–Trinajstić information content (AvgIpc) is 2.46. The predicted molar refractivity (Wildman–Crippen MR) is 83.9 cm³/mol. The van der Waals surface area contributed by atoms with Crippen LogP contribution in [0.4, 0.5) is 0 Å². The molecule has 2 aromatic rings. The first-order valence-electron chi connectivity index (χ1n) is 6.91. The summed E-state index contributed by atoms with van der Waals surface area (Å²) in [5, 5.41) is 9.16. The number of rotatable bonds is 2. The van der Waals surface area contributed by atoms with Crippen LogP contribution in [0.5, 0.6) is 0 Å². The van der Waals surface area contributed by atoms with Gasteiger partial charge in [0.15, 0.2) is 0 Å². The molecular weight excluding hydrogens is 250 g/mol. The van der Waals surface area contributed by atoms with Crippen molar-refractivity contribution >= 4 is 0 Å². The molecule has 1 N–H and O–H groups in total. The number of benzene rings is 1. The quantitative estimate of drug-likeness (QED) is 0.913. The lowest BCUT2D eigenvalue weighted by Gasteiger charge is -2.09. The van der Waals surface area contributed by atoms with E-state index in [2.05, 4.69) is 0 Å². The van der Waals surface area contributed by atoms with Gasteiger partial charge in [-0.15, -0.1) is 0 Å². The second kappa shape index (κ2) is 7.06. The van der Waals surface area contributed by atoms with Gasteiger partial charge in [-0.1, -0.05) is 32.0 Å². The monoisotopic (exact) mass is 273 g/mol. The molecule has 0 fully saturated rings. The fourth-order valence-corrected chi connectivity index (χ4v) is 2.09. The first kappa shape index (κ1) is 16.2. The van der Waals surface area contributed by atoms with Gasteiger partial charge in [0.05, 0.1) is 6.61 Å². The zero-order chi connectivity index (χ0) is 15.3. The molecule has 0 aliphatic heterocycles. The molecule has 20 heavy (non-hydrogen) atoms. The second-order valence-corrected chi connectivity index (χ2v) is 4.63. The number of aliphatic hydroxyl groups is 1. The van der Waals surface area contributed by atoms with Gasteiger partial charge in [0.2, 0.25) is 0 Å². The predicted octanol–water partition coefficient (Wildman–Crippen LogP) is 3.19. The van der Waals surface area contributed by atoms with Gasteiger partial charge >= 0.3 is 0 Å². The van der Waals surface area contributed by atoms with E-state index in [0.29, 0.717) is 0 Å². The van der Waals surface area contributed by atoms with Gasteiger partial charge < -0.3 is 9.67 Å². The van der Waals surface area contributed by atoms with Crippen molar-refractivity contribution in [3.63, 3.8) is 0 Å². The van der Waals surface area contributed by atoms with E-state index in [-0.39, 0.29) is 12.2 Å². The molecule has 0 saturated heterocycles. The van der Waals surface area contributed by atoms with E-state index in [1.54, 1.807) is 11.6 Å². The van der Waals surface area contributed by atoms with Gasteiger partial charge in [0.25, 0.3) is 5.56 Å². The van der Waals surface area contributed by atoms with Gasteiger partial charge in [0.1, 0.15) is 0 Å². The maximum atomic E-state index is 11.6. The SMILES string of the molecule is CC.Cc1cc(-c2cc(C)c(=O)n(C)c2)ccc1CO. The molecule has 0 radical (unpaired) electrons. The molecule has 3 nitrogen and oxygen atoms in total. The molecule has 0 unspecified atom stereocenters. The minimum absolute atomic E-state index is 0.0300. The third-order valence-corrected chi connectivity index (χ3v) is 3.21. The lowest BCUT2D eigenvalue weighted by molar-refractivity contribution is 0.281. The van der Waals surface area contributed by atoms with Crippen LogP contribution < -0.4 is 5.56 Å². The minimum atomic E-state index is 0.0300. The Hall–Kier alpha value is -1.87. The number of aliphatic hydroxyl groups excluding tert-OH is 1. The van der Waals surface area contributed by atoms with E-state index in [0.717, 1.165) is 27.8 Å². The number of pyridine rings is 1. The summed E-state index contributed by atoms with van der Waals surface area (Å²) in [5.74, 6) is 0. The fourth-order valence-electron chi connectivity index (χ4n) is 2.09. The maximum absolute atomic E-state index is 11.6. The molecule has 0 atom stereocenters. The van der Waals surface area contributed by atoms with Crippen LogP contribution in [0.25, 0.3) is 11.1 Å². The molecule has 2 rings (SSSR count). The highest BCUT2D eigenvalue weighted by Crippen LogP contribution is 2.22. The highest BCUT2D eigenvalue weighted by atomic mass is 16.3. The van der Waals surface area contributed by atoms with Crippen molar-refractivity contribution in [3.8, 4) is 11.1 Å². The first-order valence-corrected chi connectivity index (χ1v) is 6.91. The summed E-state index contributed by atoms with van der Waals surface area (Å²) in [6, 6.07) is 7.82. The molecule has 0 spiro atoms. The number of aromatic nitrogens is 1. The summed E-state index contributed by atoms with van der Waals surface area (Å²) >= 11 is 0. The molecule has 0 aliphatic rings. The lowest BCUT2D eigenvalue weighted by Crippen LogP contribution is -2.18. The van der Waals surface area contributed by atoms with Crippen LogP contribution in [0, 0.1) is 13.8 Å². The standard InChI is InChI=1S/C15H17NO2.C2H6/c1-10-6-12(4-5-13(10)9-17)14-7-11(2)15(18)16(3)8-14;1-2/h4-8,17H,9H2,1-3H3;1-2H3. The van der Waals surface area contributed by atoms with Crippen molar-refractivity contribution in [2.24, 2.45) is 7.05 Å². The molecule has 0 bridgehead atoms. The Balaban J connectivity index is 0.000000956. The van der Waals surface area contributed by atoms with Crippen molar-refractivity contribution in [1.29, 1.82) is 0 Å². The Kier molecular flexibility index (Phi) is 5.71. The molecule has 0 aliphatic carbocycles. The van der Waals surface area contributed by atoms with E-state index in [1.165, 1.54) is 0 Å². The van der Waals surface area contributed by atoms with Crippen molar-refractivity contribution in [2.75, 3.05) is 0 Å². The van der Waals surface area contributed by atoms with Crippen LogP contribution in [0.2, 0.25) is 0 Å². The van der Waals surface area contributed by atoms with Crippen molar-refractivity contribution in [1.82, 2.24) is 4.57 Å². The molecule has 1 aromatic carbocycles. The Morgan fingerprint density at radius 3 is 2.15 bits per heavy atom. The Labute approximate surface area is 120 Å². The van der Waals surface area contributed by atoms with Crippen LogP contribution in [0.15, 0.2) is 35.3 Å². The largest absolute Gasteiger partial charge is 0.392 e. The number of aryl methyl sites for hydroxylation is 3. The molecule has 0 amide bonds. The number of hydrogen-bond donors (Lipinski definition) is 1. The van der Waals surface area contributed by atoms with E-state index in [4.69, 9.17) is 5.11 Å². The second-order valence-electron chi connectivity index (χ2n) is 4.63. The molecular formula is C17H23NO2. The lowest BCUT2D eigenvalue weighted by atomic mass is 10.0. The molecule has 3 heteroatoms. The first-order chi connectivity index (χ1) is 9.52. The van der Waals surface area contributed by atoms with Crippen molar-refractivity contribution < 1.29 is 5.11 Å². The molecule has 1 heterocycles.